The molecule has 0 saturated heterocycles. The zero-order valence-electron chi connectivity index (χ0n) is 13.3. The molecule has 2 aromatic carbocycles. The number of anilines is 1. The second kappa shape index (κ2) is 8.47. The average molecular weight is 347 g/mol. The number of benzene rings is 2. The lowest BCUT2D eigenvalue weighted by Crippen LogP contribution is -2.36. The van der Waals surface area contributed by atoms with Gasteiger partial charge in [0.05, 0.1) is 17.3 Å². The highest BCUT2D eigenvalue weighted by atomic mass is 35.5. The van der Waals surface area contributed by atoms with Gasteiger partial charge < -0.3 is 15.7 Å². The fraction of sp³-hybridized carbons (Fsp3) is 0.222. The van der Waals surface area contributed by atoms with E-state index >= 15 is 0 Å². The number of hydrogen-bond donors (Lipinski definition) is 3. The molecule has 24 heavy (non-hydrogen) atoms. The van der Waals surface area contributed by atoms with Gasteiger partial charge in [-0.05, 0) is 36.1 Å². The molecule has 0 unspecified atom stereocenters. The smallest absolute Gasteiger partial charge is 0.313 e. The second-order valence-corrected chi connectivity index (χ2v) is 5.75. The fourth-order valence-corrected chi connectivity index (χ4v) is 2.31. The average Bonchev–Trinajstić information content (AvgIpc) is 2.59. The Kier molecular flexibility index (Phi) is 6.35. The first-order valence-electron chi connectivity index (χ1n) is 7.54. The molecule has 2 amide bonds. The molecule has 0 bridgehead atoms. The van der Waals surface area contributed by atoms with Crippen molar-refractivity contribution in [3.63, 3.8) is 0 Å². The molecule has 5 nitrogen and oxygen atoms in total. The van der Waals surface area contributed by atoms with Gasteiger partial charge in [-0.2, -0.15) is 0 Å². The van der Waals surface area contributed by atoms with Crippen molar-refractivity contribution in [1.82, 2.24) is 5.32 Å². The molecule has 3 N–H and O–H groups in total. The predicted molar refractivity (Wildman–Crippen MR) is 93.9 cm³/mol. The van der Waals surface area contributed by atoms with Crippen LogP contribution in [0, 0.1) is 6.92 Å². The number of nitrogens with one attached hydrogen (secondary N) is 2. The Labute approximate surface area is 145 Å². The Morgan fingerprint density at radius 3 is 2.38 bits per heavy atom. The predicted octanol–water partition coefficient (Wildman–Crippen LogP) is 2.44. The summed E-state index contributed by atoms with van der Waals surface area (Å²) in [5.41, 5.74) is 3.07. The molecule has 0 spiro atoms. The van der Waals surface area contributed by atoms with E-state index in [-0.39, 0.29) is 6.61 Å². The van der Waals surface area contributed by atoms with Gasteiger partial charge >= 0.3 is 11.8 Å². The summed E-state index contributed by atoms with van der Waals surface area (Å²) in [6.07, 6.45) is 0.593. The van der Waals surface area contributed by atoms with E-state index in [9.17, 15) is 9.59 Å². The largest absolute Gasteiger partial charge is 0.392 e. The third-order valence-corrected chi connectivity index (χ3v) is 4.05. The monoisotopic (exact) mass is 346 g/mol. The fourth-order valence-electron chi connectivity index (χ4n) is 2.14. The van der Waals surface area contributed by atoms with Gasteiger partial charge in [-0.3, -0.25) is 9.59 Å². The molecule has 0 aliphatic rings. The molecule has 0 aliphatic carbocycles. The first-order chi connectivity index (χ1) is 11.5. The second-order valence-electron chi connectivity index (χ2n) is 5.37. The summed E-state index contributed by atoms with van der Waals surface area (Å²) in [4.78, 5) is 23.7. The number of halogens is 1. The van der Waals surface area contributed by atoms with E-state index in [0.717, 1.165) is 16.7 Å². The lowest BCUT2D eigenvalue weighted by Gasteiger charge is -2.09. The first kappa shape index (κ1) is 18.0. The molecular weight excluding hydrogens is 328 g/mol. The van der Waals surface area contributed by atoms with Gasteiger partial charge in [-0.15, -0.1) is 0 Å². The number of carbonyl (C=O) groups excluding carboxylic acids is 2. The Morgan fingerprint density at radius 2 is 1.71 bits per heavy atom. The maximum Gasteiger partial charge on any atom is 0.313 e. The van der Waals surface area contributed by atoms with Crippen LogP contribution in [0.2, 0.25) is 5.02 Å². The highest BCUT2D eigenvalue weighted by Crippen LogP contribution is 2.24. The Morgan fingerprint density at radius 1 is 1.04 bits per heavy atom. The maximum atomic E-state index is 11.9. The van der Waals surface area contributed by atoms with Crippen LogP contribution in [-0.4, -0.2) is 23.5 Å². The summed E-state index contributed by atoms with van der Waals surface area (Å²) in [5.74, 6) is -1.46. The van der Waals surface area contributed by atoms with Gasteiger partial charge in [0.15, 0.2) is 0 Å². The van der Waals surface area contributed by atoms with Crippen molar-refractivity contribution < 1.29 is 14.7 Å². The minimum Gasteiger partial charge on any atom is -0.392 e. The quantitative estimate of drug-likeness (QED) is 0.728. The highest BCUT2D eigenvalue weighted by molar-refractivity contribution is 6.41. The number of aryl methyl sites for hydroxylation is 1. The van der Waals surface area contributed by atoms with Gasteiger partial charge in [0.1, 0.15) is 0 Å². The van der Waals surface area contributed by atoms with Crippen molar-refractivity contribution >= 4 is 29.1 Å². The van der Waals surface area contributed by atoms with Gasteiger partial charge in [0, 0.05) is 6.54 Å². The molecule has 126 valence electrons. The van der Waals surface area contributed by atoms with Gasteiger partial charge in [0.25, 0.3) is 0 Å². The molecular formula is C18H19ClN2O3. The number of rotatable bonds is 5. The Balaban J connectivity index is 1.83. The first-order valence-corrected chi connectivity index (χ1v) is 7.92. The third kappa shape index (κ3) is 4.81. The van der Waals surface area contributed by atoms with E-state index in [0.29, 0.717) is 23.7 Å². The molecule has 0 aromatic heterocycles. The summed E-state index contributed by atoms with van der Waals surface area (Å²) < 4.78 is 0. The van der Waals surface area contributed by atoms with Gasteiger partial charge in [-0.25, -0.2) is 0 Å². The van der Waals surface area contributed by atoms with Crippen LogP contribution in [0.25, 0.3) is 0 Å². The molecule has 6 heteroatoms. The molecule has 0 heterocycles. The number of aliphatic hydroxyl groups excluding tert-OH is 1. The van der Waals surface area contributed by atoms with Crippen molar-refractivity contribution in [2.24, 2.45) is 0 Å². The highest BCUT2D eigenvalue weighted by Gasteiger charge is 2.15. The van der Waals surface area contributed by atoms with Gasteiger partial charge in [-0.1, -0.05) is 48.0 Å². The van der Waals surface area contributed by atoms with Crippen LogP contribution in [0.3, 0.4) is 0 Å². The topological polar surface area (TPSA) is 78.4 Å². The standard InChI is InChI=1S/C18H19ClN2O3/c1-12-3-2-4-15(16(12)19)21-18(24)17(23)20-10-9-13-5-7-14(11-22)8-6-13/h2-8,22H,9-11H2,1H3,(H,20,23)(H,21,24). The van der Waals surface area contributed by atoms with Crippen molar-refractivity contribution in [3.05, 3.63) is 64.2 Å². The third-order valence-electron chi connectivity index (χ3n) is 3.55. The van der Waals surface area contributed by atoms with E-state index in [4.69, 9.17) is 16.7 Å². The van der Waals surface area contributed by atoms with Crippen LogP contribution in [0.15, 0.2) is 42.5 Å². The number of hydrogen-bond acceptors (Lipinski definition) is 3. The van der Waals surface area contributed by atoms with E-state index in [1.807, 2.05) is 37.3 Å². The van der Waals surface area contributed by atoms with Crippen molar-refractivity contribution in [2.75, 3.05) is 11.9 Å². The number of amides is 2. The van der Waals surface area contributed by atoms with Crippen LogP contribution in [0.4, 0.5) is 5.69 Å². The number of carbonyl (C=O) groups is 2. The van der Waals surface area contributed by atoms with Gasteiger partial charge in [0.2, 0.25) is 0 Å². The minimum absolute atomic E-state index is 0.00128. The summed E-state index contributed by atoms with van der Waals surface area (Å²) in [6.45, 7) is 2.16. The van der Waals surface area contributed by atoms with E-state index < -0.39 is 11.8 Å². The Bertz CT molecular complexity index is 730. The van der Waals surface area contributed by atoms with Crippen LogP contribution in [-0.2, 0) is 22.6 Å². The molecule has 0 saturated carbocycles. The van der Waals surface area contributed by atoms with Crippen molar-refractivity contribution in [3.8, 4) is 0 Å². The zero-order chi connectivity index (χ0) is 17.5. The molecule has 0 radical (unpaired) electrons. The SMILES string of the molecule is Cc1cccc(NC(=O)C(=O)NCCc2ccc(CO)cc2)c1Cl. The molecule has 0 atom stereocenters. The summed E-state index contributed by atoms with van der Waals surface area (Å²) in [5, 5.41) is 14.5. The molecule has 2 aromatic rings. The van der Waals surface area contributed by atoms with Crippen LogP contribution >= 0.6 is 11.6 Å². The van der Waals surface area contributed by atoms with E-state index in [1.165, 1.54) is 0 Å². The molecule has 0 aliphatic heterocycles. The number of aliphatic hydroxyl groups is 1. The van der Waals surface area contributed by atoms with Crippen LogP contribution < -0.4 is 10.6 Å². The lowest BCUT2D eigenvalue weighted by atomic mass is 10.1. The summed E-state index contributed by atoms with van der Waals surface area (Å²) in [6, 6.07) is 12.6. The summed E-state index contributed by atoms with van der Waals surface area (Å²) in [7, 11) is 0. The maximum absolute atomic E-state index is 11.9. The van der Waals surface area contributed by atoms with Crippen molar-refractivity contribution in [1.29, 1.82) is 0 Å². The van der Waals surface area contributed by atoms with E-state index in [2.05, 4.69) is 10.6 Å². The van der Waals surface area contributed by atoms with E-state index in [1.54, 1.807) is 12.1 Å². The lowest BCUT2D eigenvalue weighted by molar-refractivity contribution is -0.136. The molecule has 2 rings (SSSR count). The van der Waals surface area contributed by atoms with Crippen molar-refractivity contribution in [2.45, 2.75) is 20.0 Å². The minimum atomic E-state index is -0.752. The zero-order valence-corrected chi connectivity index (χ0v) is 14.1. The van der Waals surface area contributed by atoms with Crippen LogP contribution in [0.5, 0.6) is 0 Å². The normalized spacial score (nSPS) is 10.3. The Hall–Kier alpha value is -2.37. The summed E-state index contributed by atoms with van der Waals surface area (Å²) >= 11 is 6.09. The molecule has 0 fully saturated rings. The van der Waals surface area contributed by atoms with Crippen LogP contribution in [0.1, 0.15) is 16.7 Å².